The fourth-order valence-electron chi connectivity index (χ4n) is 2.50. The Morgan fingerprint density at radius 3 is 2.62 bits per heavy atom. The Morgan fingerprint density at radius 2 is 2.00 bits per heavy atom. The number of hydrogen-bond acceptors (Lipinski definition) is 6. The van der Waals surface area contributed by atoms with Crippen LogP contribution in [0.1, 0.15) is 34.9 Å². The molecule has 0 aliphatic rings. The molecule has 0 radical (unpaired) electrons. The molecule has 0 amide bonds. The summed E-state index contributed by atoms with van der Waals surface area (Å²) in [7, 11) is 1.93. The number of benzene rings is 1. The van der Waals surface area contributed by atoms with Gasteiger partial charge in [0.1, 0.15) is 11.6 Å². The molecule has 0 aliphatic heterocycles. The van der Waals surface area contributed by atoms with Gasteiger partial charge < -0.3 is 15.7 Å². The fourth-order valence-corrected chi connectivity index (χ4v) is 2.50. The number of aromatic amines is 1. The van der Waals surface area contributed by atoms with E-state index in [1.807, 2.05) is 18.0 Å². The van der Waals surface area contributed by atoms with E-state index in [0.29, 0.717) is 24.1 Å². The van der Waals surface area contributed by atoms with Gasteiger partial charge in [0.2, 0.25) is 0 Å². The summed E-state index contributed by atoms with van der Waals surface area (Å²) >= 11 is 0. The van der Waals surface area contributed by atoms with Gasteiger partial charge in [-0.3, -0.25) is 5.10 Å². The number of rotatable bonds is 7. The van der Waals surface area contributed by atoms with Crippen molar-refractivity contribution in [2.75, 3.05) is 25.9 Å². The van der Waals surface area contributed by atoms with E-state index in [0.717, 1.165) is 24.2 Å². The fraction of sp³-hybridized carbons (Fsp3) is 0.353. The molecule has 24 heavy (non-hydrogen) atoms. The Bertz CT molecular complexity index is 753. The predicted molar refractivity (Wildman–Crippen MR) is 89.6 cm³/mol. The molecular formula is C17H20N6O. The summed E-state index contributed by atoms with van der Waals surface area (Å²) in [5.41, 5.74) is 8.13. The van der Waals surface area contributed by atoms with Crippen LogP contribution in [-0.4, -0.2) is 40.3 Å². The van der Waals surface area contributed by atoms with Gasteiger partial charge in [0, 0.05) is 6.54 Å². The number of nitrogen functional groups attached to an aromatic ring is 1. The SMILES string of the molecule is CN(CCCc1[nH]nc(N)c1C#N)CC(O)c1ccc(C#N)cc1. The van der Waals surface area contributed by atoms with E-state index in [4.69, 9.17) is 16.3 Å². The van der Waals surface area contributed by atoms with Crippen LogP contribution in [0, 0.1) is 22.7 Å². The number of anilines is 1. The van der Waals surface area contributed by atoms with Gasteiger partial charge in [-0.1, -0.05) is 12.1 Å². The van der Waals surface area contributed by atoms with Crippen LogP contribution in [0.15, 0.2) is 24.3 Å². The third-order valence-corrected chi connectivity index (χ3v) is 3.86. The molecule has 0 aliphatic carbocycles. The van der Waals surface area contributed by atoms with Gasteiger partial charge in [-0.05, 0) is 44.1 Å². The number of nitriles is 2. The number of hydrogen-bond donors (Lipinski definition) is 3. The van der Waals surface area contributed by atoms with Crippen LogP contribution < -0.4 is 5.73 Å². The van der Waals surface area contributed by atoms with Crippen molar-refractivity contribution in [2.24, 2.45) is 0 Å². The van der Waals surface area contributed by atoms with Crippen molar-refractivity contribution in [3.63, 3.8) is 0 Å². The molecule has 0 spiro atoms. The molecule has 7 heteroatoms. The lowest BCUT2D eigenvalue weighted by Gasteiger charge is -2.20. The van der Waals surface area contributed by atoms with Gasteiger partial charge in [-0.25, -0.2) is 0 Å². The molecule has 7 nitrogen and oxygen atoms in total. The molecule has 1 atom stereocenters. The van der Waals surface area contributed by atoms with E-state index >= 15 is 0 Å². The average molecular weight is 324 g/mol. The molecule has 4 N–H and O–H groups in total. The highest BCUT2D eigenvalue weighted by Crippen LogP contribution is 2.16. The topological polar surface area (TPSA) is 126 Å². The van der Waals surface area contributed by atoms with Crippen molar-refractivity contribution < 1.29 is 5.11 Å². The molecule has 124 valence electrons. The van der Waals surface area contributed by atoms with E-state index < -0.39 is 6.10 Å². The van der Waals surface area contributed by atoms with Crippen LogP contribution in [0.25, 0.3) is 0 Å². The van der Waals surface area contributed by atoms with Gasteiger partial charge in [0.05, 0.1) is 23.4 Å². The number of aliphatic hydroxyl groups excluding tert-OH is 1. The van der Waals surface area contributed by atoms with Crippen molar-refractivity contribution in [2.45, 2.75) is 18.9 Å². The highest BCUT2D eigenvalue weighted by atomic mass is 16.3. The minimum Gasteiger partial charge on any atom is -0.387 e. The van der Waals surface area contributed by atoms with Gasteiger partial charge in [0.15, 0.2) is 5.82 Å². The molecular weight excluding hydrogens is 304 g/mol. The zero-order chi connectivity index (χ0) is 17.5. The largest absolute Gasteiger partial charge is 0.387 e. The standard InChI is InChI=1S/C17H20N6O/c1-23(8-2-3-15-14(10-19)17(20)22-21-15)11-16(24)13-6-4-12(9-18)5-7-13/h4-7,16,24H,2-3,8,11H2,1H3,(H3,20,21,22). The zero-order valence-electron chi connectivity index (χ0n) is 13.5. The summed E-state index contributed by atoms with van der Waals surface area (Å²) < 4.78 is 0. The maximum absolute atomic E-state index is 10.3. The van der Waals surface area contributed by atoms with Crippen LogP contribution in [-0.2, 0) is 6.42 Å². The molecule has 2 aromatic rings. The van der Waals surface area contributed by atoms with Crippen LogP contribution in [0.4, 0.5) is 5.82 Å². The zero-order valence-corrected chi connectivity index (χ0v) is 13.5. The quantitative estimate of drug-likeness (QED) is 0.705. The first-order valence-corrected chi connectivity index (χ1v) is 7.64. The smallest absolute Gasteiger partial charge is 0.163 e. The van der Waals surface area contributed by atoms with Gasteiger partial charge in [-0.15, -0.1) is 0 Å². The number of aromatic nitrogens is 2. The van der Waals surface area contributed by atoms with Gasteiger partial charge in [-0.2, -0.15) is 15.6 Å². The minimum absolute atomic E-state index is 0.233. The summed E-state index contributed by atoms with van der Waals surface area (Å²) in [5, 5.41) is 34.7. The molecule has 2 rings (SSSR count). The monoisotopic (exact) mass is 324 g/mol. The number of aryl methyl sites for hydroxylation is 1. The molecule has 0 bridgehead atoms. The first kappa shape index (κ1) is 17.5. The first-order chi connectivity index (χ1) is 11.5. The Labute approximate surface area is 140 Å². The average Bonchev–Trinajstić information content (AvgIpc) is 2.94. The van der Waals surface area contributed by atoms with E-state index in [1.54, 1.807) is 24.3 Å². The minimum atomic E-state index is -0.611. The van der Waals surface area contributed by atoms with Crippen molar-refractivity contribution in [3.8, 4) is 12.1 Å². The van der Waals surface area contributed by atoms with E-state index in [1.165, 1.54) is 0 Å². The number of nitrogens with zero attached hydrogens (tertiary/aromatic N) is 4. The number of H-pyrrole nitrogens is 1. The van der Waals surface area contributed by atoms with Crippen LogP contribution in [0.3, 0.4) is 0 Å². The summed E-state index contributed by atoms with van der Waals surface area (Å²) in [4.78, 5) is 2.02. The van der Waals surface area contributed by atoms with E-state index in [2.05, 4.69) is 16.3 Å². The lowest BCUT2D eigenvalue weighted by atomic mass is 10.1. The number of likely N-dealkylation sites (N-methyl/N-ethyl adjacent to an activating group) is 1. The lowest BCUT2D eigenvalue weighted by molar-refractivity contribution is 0.126. The van der Waals surface area contributed by atoms with Crippen LogP contribution in [0.5, 0.6) is 0 Å². The van der Waals surface area contributed by atoms with Gasteiger partial charge in [0.25, 0.3) is 0 Å². The number of aliphatic hydroxyl groups is 1. The summed E-state index contributed by atoms with van der Waals surface area (Å²) in [6.45, 7) is 1.25. The second-order valence-corrected chi connectivity index (χ2v) is 5.69. The molecule has 1 aromatic heterocycles. The Morgan fingerprint density at radius 1 is 1.29 bits per heavy atom. The molecule has 1 unspecified atom stereocenters. The molecule has 0 saturated carbocycles. The van der Waals surface area contributed by atoms with Crippen LogP contribution >= 0.6 is 0 Å². The summed E-state index contributed by atoms with van der Waals surface area (Å²) in [6, 6.07) is 11.0. The molecule has 1 heterocycles. The van der Waals surface area contributed by atoms with E-state index in [-0.39, 0.29) is 5.82 Å². The first-order valence-electron chi connectivity index (χ1n) is 7.64. The maximum atomic E-state index is 10.3. The molecule has 0 fully saturated rings. The normalized spacial score (nSPS) is 11.9. The third kappa shape index (κ3) is 4.32. The second-order valence-electron chi connectivity index (χ2n) is 5.69. The third-order valence-electron chi connectivity index (χ3n) is 3.86. The highest BCUT2D eigenvalue weighted by molar-refractivity contribution is 5.50. The molecule has 1 aromatic carbocycles. The van der Waals surface area contributed by atoms with Gasteiger partial charge >= 0.3 is 0 Å². The van der Waals surface area contributed by atoms with Crippen molar-refractivity contribution >= 4 is 5.82 Å². The number of nitrogens with one attached hydrogen (secondary N) is 1. The summed E-state index contributed by atoms with van der Waals surface area (Å²) in [6.07, 6.45) is 0.873. The molecule has 0 saturated heterocycles. The van der Waals surface area contributed by atoms with E-state index in [9.17, 15) is 5.11 Å². The highest BCUT2D eigenvalue weighted by Gasteiger charge is 2.13. The lowest BCUT2D eigenvalue weighted by Crippen LogP contribution is -2.26. The Hall–Kier alpha value is -2.87. The van der Waals surface area contributed by atoms with Crippen molar-refractivity contribution in [3.05, 3.63) is 46.6 Å². The second kappa shape index (κ2) is 8.11. The maximum Gasteiger partial charge on any atom is 0.163 e. The van der Waals surface area contributed by atoms with Crippen molar-refractivity contribution in [1.29, 1.82) is 10.5 Å². The van der Waals surface area contributed by atoms with Crippen molar-refractivity contribution in [1.82, 2.24) is 15.1 Å². The summed E-state index contributed by atoms with van der Waals surface area (Å²) in [5.74, 6) is 0.233. The predicted octanol–water partition coefficient (Wildman–Crippen LogP) is 1.33. The Kier molecular flexibility index (Phi) is 5.91. The Balaban J connectivity index is 1.81. The number of nitrogens with two attached hydrogens (primary N) is 1. The van der Waals surface area contributed by atoms with Crippen LogP contribution in [0.2, 0.25) is 0 Å².